The Balaban J connectivity index is 1.41. The molecule has 3 aromatic rings. The van der Waals surface area contributed by atoms with E-state index in [0.29, 0.717) is 29.9 Å². The van der Waals surface area contributed by atoms with Gasteiger partial charge >= 0.3 is 0 Å². The summed E-state index contributed by atoms with van der Waals surface area (Å²) in [5, 5.41) is 0. The van der Waals surface area contributed by atoms with Crippen molar-refractivity contribution in [3.05, 3.63) is 75.6 Å². The number of rotatable bonds is 8. The van der Waals surface area contributed by atoms with Gasteiger partial charge in [0.05, 0.1) is 18.1 Å². The van der Waals surface area contributed by atoms with Crippen LogP contribution < -0.4 is 4.74 Å². The van der Waals surface area contributed by atoms with Crippen LogP contribution in [-0.2, 0) is 20.9 Å². The Morgan fingerprint density at radius 2 is 1.89 bits per heavy atom. The number of carbonyl (C=O) groups is 2. The van der Waals surface area contributed by atoms with Crippen molar-refractivity contribution < 1.29 is 19.1 Å². The summed E-state index contributed by atoms with van der Waals surface area (Å²) in [6, 6.07) is 14.8. The van der Waals surface area contributed by atoms with E-state index in [1.807, 2.05) is 42.5 Å². The second kappa shape index (κ2) is 11.5. The molecule has 0 spiro atoms. The maximum absolute atomic E-state index is 13.3. The fourth-order valence-electron chi connectivity index (χ4n) is 3.94. The van der Waals surface area contributed by atoms with Gasteiger partial charge < -0.3 is 19.3 Å². The molecule has 0 radical (unpaired) electrons. The van der Waals surface area contributed by atoms with Crippen LogP contribution in [0.2, 0.25) is 4.34 Å². The Labute approximate surface area is 213 Å². The molecule has 2 amide bonds. The molecule has 1 saturated heterocycles. The zero-order valence-corrected chi connectivity index (χ0v) is 21.1. The number of benzene rings is 1. The fraction of sp³-hybridized carbons (Fsp3) is 0.269. The van der Waals surface area contributed by atoms with E-state index in [-0.39, 0.29) is 18.4 Å². The third kappa shape index (κ3) is 6.08. The van der Waals surface area contributed by atoms with Crippen molar-refractivity contribution in [2.24, 2.45) is 0 Å². The Morgan fingerprint density at radius 1 is 1.11 bits per heavy atom. The van der Waals surface area contributed by atoms with E-state index in [1.165, 1.54) is 24.5 Å². The minimum absolute atomic E-state index is 0.123. The highest BCUT2D eigenvalue weighted by Crippen LogP contribution is 2.24. The smallest absolute Gasteiger partial charge is 0.248 e. The van der Waals surface area contributed by atoms with Crippen LogP contribution in [-0.4, -0.2) is 66.6 Å². The van der Waals surface area contributed by atoms with Crippen molar-refractivity contribution in [1.29, 1.82) is 0 Å². The fourth-order valence-corrected chi connectivity index (χ4v) is 4.90. The van der Waals surface area contributed by atoms with E-state index >= 15 is 0 Å². The standard InChI is InChI=1S/C26H26ClN3O4S/c1-33-17-22-26(32)29(13-14-30(22)25(31)12-9-21-8-10-23(27)35-21)16-18-3-5-19(6-4-18)20-7-11-24(34-2)28-15-20/h3-12,15,22H,13-14,16-17H2,1-2H3/b12-9+/t22-/m0/s1. The molecule has 0 saturated carbocycles. The lowest BCUT2D eigenvalue weighted by molar-refractivity contribution is -0.152. The second-order valence-electron chi connectivity index (χ2n) is 8.02. The molecule has 1 fully saturated rings. The lowest BCUT2D eigenvalue weighted by atomic mass is 10.0. The lowest BCUT2D eigenvalue weighted by Gasteiger charge is -2.40. The van der Waals surface area contributed by atoms with E-state index < -0.39 is 6.04 Å². The Kier molecular flexibility index (Phi) is 8.17. The first-order valence-corrected chi connectivity index (χ1v) is 12.3. The first-order chi connectivity index (χ1) is 17.0. The van der Waals surface area contributed by atoms with Crippen LogP contribution in [0.15, 0.2) is 60.8 Å². The summed E-state index contributed by atoms with van der Waals surface area (Å²) >= 11 is 7.35. The van der Waals surface area contributed by atoms with Crippen LogP contribution in [0, 0.1) is 0 Å². The van der Waals surface area contributed by atoms with E-state index in [9.17, 15) is 9.59 Å². The molecule has 2 aromatic heterocycles. The van der Waals surface area contributed by atoms with Crippen molar-refractivity contribution in [1.82, 2.24) is 14.8 Å². The molecular formula is C26H26ClN3O4S. The largest absolute Gasteiger partial charge is 0.481 e. The Hall–Kier alpha value is -3.20. The number of amides is 2. The molecule has 0 aliphatic carbocycles. The van der Waals surface area contributed by atoms with Crippen molar-refractivity contribution in [3.8, 4) is 17.0 Å². The Bertz CT molecular complexity index is 1190. The molecule has 0 bridgehead atoms. The highest BCUT2D eigenvalue weighted by molar-refractivity contribution is 7.17. The number of hydrogen-bond acceptors (Lipinski definition) is 6. The number of ether oxygens (including phenoxy) is 2. The summed E-state index contributed by atoms with van der Waals surface area (Å²) in [5.74, 6) is 0.225. The van der Waals surface area contributed by atoms with Crippen molar-refractivity contribution in [2.45, 2.75) is 12.6 Å². The first kappa shape index (κ1) is 24.9. The monoisotopic (exact) mass is 511 g/mol. The van der Waals surface area contributed by atoms with Gasteiger partial charge in [-0.2, -0.15) is 0 Å². The number of methoxy groups -OCH3 is 2. The zero-order chi connectivity index (χ0) is 24.8. The molecule has 182 valence electrons. The van der Waals surface area contributed by atoms with E-state index in [2.05, 4.69) is 4.98 Å². The van der Waals surface area contributed by atoms with Gasteiger partial charge in [0.15, 0.2) is 0 Å². The van der Waals surface area contributed by atoms with E-state index in [4.69, 9.17) is 21.1 Å². The van der Waals surface area contributed by atoms with Crippen molar-refractivity contribution in [3.63, 3.8) is 0 Å². The number of nitrogens with zero attached hydrogens (tertiary/aromatic N) is 3. The predicted molar refractivity (Wildman–Crippen MR) is 137 cm³/mol. The van der Waals surface area contributed by atoms with Crippen LogP contribution in [0.5, 0.6) is 5.88 Å². The third-order valence-corrected chi connectivity index (χ3v) is 6.98. The van der Waals surface area contributed by atoms with Crippen LogP contribution in [0.1, 0.15) is 10.4 Å². The van der Waals surface area contributed by atoms with Gasteiger partial charge in [0.2, 0.25) is 17.7 Å². The number of aromatic nitrogens is 1. The minimum Gasteiger partial charge on any atom is -0.481 e. The number of hydrogen-bond donors (Lipinski definition) is 0. The van der Waals surface area contributed by atoms with Crippen LogP contribution in [0.4, 0.5) is 0 Å². The molecule has 9 heteroatoms. The zero-order valence-electron chi connectivity index (χ0n) is 19.5. The van der Waals surface area contributed by atoms with Gasteiger partial charge in [0, 0.05) is 55.5 Å². The normalized spacial score (nSPS) is 16.2. The van der Waals surface area contributed by atoms with Crippen molar-refractivity contribution in [2.75, 3.05) is 33.9 Å². The van der Waals surface area contributed by atoms with Gasteiger partial charge in [-0.05, 0) is 35.4 Å². The van der Waals surface area contributed by atoms with Gasteiger partial charge in [-0.15, -0.1) is 11.3 Å². The van der Waals surface area contributed by atoms with Crippen LogP contribution >= 0.6 is 22.9 Å². The molecule has 1 aliphatic rings. The van der Waals surface area contributed by atoms with Gasteiger partial charge in [0.1, 0.15) is 6.04 Å². The molecular weight excluding hydrogens is 486 g/mol. The van der Waals surface area contributed by atoms with Gasteiger partial charge in [-0.1, -0.05) is 35.9 Å². The molecule has 3 heterocycles. The summed E-state index contributed by atoms with van der Waals surface area (Å²) in [4.78, 5) is 34.6. The molecule has 1 aromatic carbocycles. The molecule has 1 atom stereocenters. The number of pyridine rings is 1. The topological polar surface area (TPSA) is 72.0 Å². The molecule has 4 rings (SSSR count). The summed E-state index contributed by atoms with van der Waals surface area (Å²) in [5.41, 5.74) is 3.02. The average Bonchev–Trinajstić information content (AvgIpc) is 3.30. The SMILES string of the molecule is COC[C@H]1C(=O)N(Cc2ccc(-c3ccc(OC)nc3)cc2)CCN1C(=O)/C=C/c1ccc(Cl)s1. The molecule has 7 nitrogen and oxygen atoms in total. The third-order valence-electron chi connectivity index (χ3n) is 5.78. The summed E-state index contributed by atoms with van der Waals surface area (Å²) in [6.45, 7) is 1.49. The van der Waals surface area contributed by atoms with Gasteiger partial charge in [-0.3, -0.25) is 9.59 Å². The van der Waals surface area contributed by atoms with E-state index in [0.717, 1.165) is 21.6 Å². The van der Waals surface area contributed by atoms with Gasteiger partial charge in [0.25, 0.3) is 0 Å². The second-order valence-corrected chi connectivity index (χ2v) is 9.77. The number of thiophene rings is 1. The highest BCUT2D eigenvalue weighted by Gasteiger charge is 2.36. The maximum atomic E-state index is 13.3. The number of piperazine rings is 1. The van der Waals surface area contributed by atoms with Gasteiger partial charge in [-0.25, -0.2) is 4.98 Å². The quantitative estimate of drug-likeness (QED) is 0.420. The first-order valence-electron chi connectivity index (χ1n) is 11.1. The average molecular weight is 512 g/mol. The Morgan fingerprint density at radius 3 is 2.51 bits per heavy atom. The number of halogens is 1. The summed E-state index contributed by atoms with van der Waals surface area (Å²) in [6.07, 6.45) is 4.98. The molecule has 0 N–H and O–H groups in total. The predicted octanol–water partition coefficient (Wildman–Crippen LogP) is 4.37. The molecule has 0 unspecified atom stereocenters. The van der Waals surface area contributed by atoms with Crippen molar-refractivity contribution >= 4 is 40.8 Å². The summed E-state index contributed by atoms with van der Waals surface area (Å²) in [7, 11) is 3.12. The minimum atomic E-state index is -0.664. The molecule has 1 aliphatic heterocycles. The summed E-state index contributed by atoms with van der Waals surface area (Å²) < 4.78 is 11.1. The highest BCUT2D eigenvalue weighted by atomic mass is 35.5. The van der Waals surface area contributed by atoms with Crippen LogP contribution in [0.25, 0.3) is 17.2 Å². The molecule has 35 heavy (non-hydrogen) atoms. The van der Waals surface area contributed by atoms with Crippen LogP contribution in [0.3, 0.4) is 0 Å². The lowest BCUT2D eigenvalue weighted by Crippen LogP contribution is -2.59. The number of carbonyl (C=O) groups excluding carboxylic acids is 2. The van der Waals surface area contributed by atoms with E-state index in [1.54, 1.807) is 35.2 Å². The maximum Gasteiger partial charge on any atom is 0.248 e.